The molecule has 0 spiro atoms. The number of methoxy groups -OCH3 is 1. The number of anilines is 1. The second-order valence-corrected chi connectivity index (χ2v) is 6.10. The fourth-order valence-electron chi connectivity index (χ4n) is 2.41. The van der Waals surface area contributed by atoms with E-state index in [9.17, 15) is 4.79 Å². The fraction of sp³-hybridized carbons (Fsp3) is 0.368. The van der Waals surface area contributed by atoms with Gasteiger partial charge in [0, 0.05) is 38.0 Å². The van der Waals surface area contributed by atoms with E-state index in [2.05, 4.69) is 10.3 Å². The summed E-state index contributed by atoms with van der Waals surface area (Å²) in [5.41, 5.74) is 1.47. The summed E-state index contributed by atoms with van der Waals surface area (Å²) in [4.78, 5) is 18.7. The fourth-order valence-corrected chi connectivity index (χ4v) is 2.41. The van der Waals surface area contributed by atoms with Crippen LogP contribution < -0.4 is 19.7 Å². The van der Waals surface area contributed by atoms with Crippen molar-refractivity contribution in [2.75, 3.05) is 26.1 Å². The van der Waals surface area contributed by atoms with Gasteiger partial charge in [-0.2, -0.15) is 0 Å². The highest BCUT2D eigenvalue weighted by molar-refractivity contribution is 5.94. The third-order valence-corrected chi connectivity index (χ3v) is 3.52. The van der Waals surface area contributed by atoms with Crippen molar-refractivity contribution in [3.05, 3.63) is 47.7 Å². The summed E-state index contributed by atoms with van der Waals surface area (Å²) in [6.07, 6.45) is 1.77. The van der Waals surface area contributed by atoms with Crippen molar-refractivity contribution in [1.29, 1.82) is 0 Å². The van der Waals surface area contributed by atoms with Gasteiger partial charge in [-0.1, -0.05) is 6.07 Å². The van der Waals surface area contributed by atoms with Gasteiger partial charge >= 0.3 is 0 Å². The predicted molar refractivity (Wildman–Crippen MR) is 98.5 cm³/mol. The van der Waals surface area contributed by atoms with Gasteiger partial charge in [-0.3, -0.25) is 4.79 Å². The summed E-state index contributed by atoms with van der Waals surface area (Å²) < 4.78 is 11.0. The number of rotatable bonds is 7. The lowest BCUT2D eigenvalue weighted by atomic mass is 10.1. The maximum atomic E-state index is 12.5. The Hall–Kier alpha value is -2.76. The van der Waals surface area contributed by atoms with Gasteiger partial charge in [-0.25, -0.2) is 4.98 Å². The Morgan fingerprint density at radius 1 is 1.24 bits per heavy atom. The van der Waals surface area contributed by atoms with Crippen LogP contribution >= 0.6 is 0 Å². The number of aromatic nitrogens is 1. The molecule has 25 heavy (non-hydrogen) atoms. The van der Waals surface area contributed by atoms with E-state index >= 15 is 0 Å². The molecule has 1 amide bonds. The van der Waals surface area contributed by atoms with Crippen LogP contribution in [0.4, 0.5) is 5.82 Å². The molecule has 0 aliphatic carbocycles. The van der Waals surface area contributed by atoms with Crippen molar-refractivity contribution >= 4 is 11.7 Å². The number of nitrogens with one attached hydrogen (secondary N) is 1. The topological polar surface area (TPSA) is 63.7 Å². The van der Waals surface area contributed by atoms with Crippen molar-refractivity contribution in [3.63, 3.8) is 0 Å². The molecule has 1 aromatic heterocycles. The van der Waals surface area contributed by atoms with E-state index < -0.39 is 0 Å². The van der Waals surface area contributed by atoms with Crippen LogP contribution in [0, 0.1) is 0 Å². The first kappa shape index (κ1) is 18.6. The molecule has 0 saturated carbocycles. The molecule has 0 bridgehead atoms. The minimum atomic E-state index is -0.178. The predicted octanol–water partition coefficient (Wildman–Crippen LogP) is 2.87. The van der Waals surface area contributed by atoms with Gasteiger partial charge in [-0.05, 0) is 38.1 Å². The molecule has 0 saturated heterocycles. The average Bonchev–Trinajstić information content (AvgIpc) is 2.59. The number of amides is 1. The van der Waals surface area contributed by atoms with Gasteiger partial charge in [0.25, 0.3) is 5.91 Å². The van der Waals surface area contributed by atoms with Gasteiger partial charge in [0.1, 0.15) is 5.82 Å². The van der Waals surface area contributed by atoms with Crippen LogP contribution in [0.15, 0.2) is 36.5 Å². The van der Waals surface area contributed by atoms with Crippen LogP contribution in [-0.2, 0) is 6.54 Å². The minimum Gasteiger partial charge on any atom is -0.493 e. The molecule has 1 N–H and O–H groups in total. The molecular weight excluding hydrogens is 318 g/mol. The monoisotopic (exact) mass is 343 g/mol. The molecular formula is C19H25N3O3. The zero-order valence-corrected chi connectivity index (χ0v) is 15.4. The summed E-state index contributed by atoms with van der Waals surface area (Å²) >= 11 is 0. The lowest BCUT2D eigenvalue weighted by Crippen LogP contribution is -2.24. The zero-order chi connectivity index (χ0) is 18.4. The summed E-state index contributed by atoms with van der Waals surface area (Å²) in [5.74, 6) is 1.82. The smallest absolute Gasteiger partial charge is 0.251 e. The van der Waals surface area contributed by atoms with Gasteiger partial charge in [0.05, 0.1) is 13.2 Å². The molecule has 2 aromatic rings. The maximum Gasteiger partial charge on any atom is 0.251 e. The molecule has 1 heterocycles. The Labute approximate surface area is 148 Å². The number of pyridine rings is 1. The molecule has 134 valence electrons. The van der Waals surface area contributed by atoms with E-state index in [1.54, 1.807) is 31.5 Å². The summed E-state index contributed by atoms with van der Waals surface area (Å²) in [6.45, 7) is 4.28. The molecule has 1 aromatic carbocycles. The number of hydrogen-bond acceptors (Lipinski definition) is 5. The molecule has 0 aliphatic heterocycles. The average molecular weight is 343 g/mol. The largest absolute Gasteiger partial charge is 0.493 e. The highest BCUT2D eigenvalue weighted by Crippen LogP contribution is 2.29. The van der Waals surface area contributed by atoms with Crippen molar-refractivity contribution < 1.29 is 14.3 Å². The van der Waals surface area contributed by atoms with Crippen LogP contribution in [0.2, 0.25) is 0 Å². The molecule has 6 nitrogen and oxygen atoms in total. The van der Waals surface area contributed by atoms with Gasteiger partial charge in [0.2, 0.25) is 0 Å². The highest BCUT2D eigenvalue weighted by atomic mass is 16.5. The van der Waals surface area contributed by atoms with E-state index in [-0.39, 0.29) is 12.0 Å². The third-order valence-electron chi connectivity index (χ3n) is 3.52. The number of benzene rings is 1. The van der Waals surface area contributed by atoms with Crippen LogP contribution in [-0.4, -0.2) is 38.2 Å². The van der Waals surface area contributed by atoms with Crippen LogP contribution in [0.25, 0.3) is 0 Å². The van der Waals surface area contributed by atoms with Crippen molar-refractivity contribution in [2.24, 2.45) is 0 Å². The van der Waals surface area contributed by atoms with Crippen LogP contribution in [0.1, 0.15) is 29.8 Å². The van der Waals surface area contributed by atoms with E-state index in [1.807, 2.05) is 45.0 Å². The normalized spacial score (nSPS) is 10.5. The lowest BCUT2D eigenvalue weighted by molar-refractivity contribution is 0.0950. The van der Waals surface area contributed by atoms with E-state index in [0.29, 0.717) is 23.6 Å². The number of carbonyl (C=O) groups is 1. The Morgan fingerprint density at radius 3 is 2.64 bits per heavy atom. The van der Waals surface area contributed by atoms with Crippen molar-refractivity contribution in [2.45, 2.75) is 26.5 Å². The van der Waals surface area contributed by atoms with Crippen LogP contribution in [0.5, 0.6) is 11.5 Å². The Balaban J connectivity index is 2.11. The summed E-state index contributed by atoms with van der Waals surface area (Å²) in [6, 6.07) is 8.97. The molecule has 6 heteroatoms. The Kier molecular flexibility index (Phi) is 6.22. The zero-order valence-electron chi connectivity index (χ0n) is 15.4. The molecule has 0 fully saturated rings. The molecule has 0 aliphatic rings. The third kappa shape index (κ3) is 4.86. The summed E-state index contributed by atoms with van der Waals surface area (Å²) in [5, 5.41) is 2.92. The van der Waals surface area contributed by atoms with Gasteiger partial charge in [-0.15, -0.1) is 0 Å². The first-order valence-electron chi connectivity index (χ1n) is 8.16. The minimum absolute atomic E-state index is 0.0311. The van der Waals surface area contributed by atoms with Crippen molar-refractivity contribution in [3.8, 4) is 11.5 Å². The second-order valence-electron chi connectivity index (χ2n) is 6.10. The van der Waals surface area contributed by atoms with Gasteiger partial charge < -0.3 is 19.7 Å². The van der Waals surface area contributed by atoms with Crippen molar-refractivity contribution in [1.82, 2.24) is 10.3 Å². The first-order valence-corrected chi connectivity index (χ1v) is 8.16. The Morgan fingerprint density at radius 2 is 2.00 bits per heavy atom. The molecule has 2 rings (SSSR count). The quantitative estimate of drug-likeness (QED) is 0.837. The standard InChI is InChI=1S/C19H25N3O3/c1-13(2)25-16-9-8-14(11-17(16)24-5)19(23)21-12-15-7-6-10-20-18(15)22(3)4/h6-11,13H,12H2,1-5H3,(H,21,23). The lowest BCUT2D eigenvalue weighted by Gasteiger charge is -2.16. The second kappa shape index (κ2) is 8.37. The summed E-state index contributed by atoms with van der Waals surface area (Å²) in [7, 11) is 5.40. The number of hydrogen-bond donors (Lipinski definition) is 1. The van der Waals surface area contributed by atoms with E-state index in [4.69, 9.17) is 9.47 Å². The maximum absolute atomic E-state index is 12.5. The van der Waals surface area contributed by atoms with E-state index in [0.717, 1.165) is 11.4 Å². The van der Waals surface area contributed by atoms with Gasteiger partial charge in [0.15, 0.2) is 11.5 Å². The molecule has 0 radical (unpaired) electrons. The first-order chi connectivity index (χ1) is 11.9. The number of nitrogens with zero attached hydrogens (tertiary/aromatic N) is 2. The Bertz CT molecular complexity index is 730. The number of ether oxygens (including phenoxy) is 2. The van der Waals surface area contributed by atoms with Crippen LogP contribution in [0.3, 0.4) is 0 Å². The molecule has 0 unspecified atom stereocenters. The number of carbonyl (C=O) groups excluding carboxylic acids is 1. The highest BCUT2D eigenvalue weighted by Gasteiger charge is 2.13. The van der Waals surface area contributed by atoms with E-state index in [1.165, 1.54) is 0 Å². The molecule has 0 atom stereocenters. The SMILES string of the molecule is COc1cc(C(=O)NCc2cccnc2N(C)C)ccc1OC(C)C.